The van der Waals surface area contributed by atoms with E-state index in [4.69, 9.17) is 17.3 Å². The fraction of sp³-hybridized carbons (Fsp3) is 0.333. The molecule has 0 bridgehead atoms. The zero-order valence-corrected chi connectivity index (χ0v) is 12.3. The van der Waals surface area contributed by atoms with Crippen LogP contribution in [-0.4, -0.2) is 19.0 Å². The Kier molecular flexibility index (Phi) is 4.21. The lowest BCUT2D eigenvalue weighted by Crippen LogP contribution is -2.10. The molecule has 0 saturated heterocycles. The molecule has 2 aromatic rings. The van der Waals surface area contributed by atoms with Crippen molar-refractivity contribution in [2.75, 3.05) is 5.73 Å². The highest BCUT2D eigenvalue weighted by atomic mass is 35.5. The van der Waals surface area contributed by atoms with Crippen LogP contribution >= 0.6 is 11.6 Å². The van der Waals surface area contributed by atoms with Crippen molar-refractivity contribution in [1.29, 1.82) is 0 Å². The van der Waals surface area contributed by atoms with Crippen LogP contribution in [0.3, 0.4) is 0 Å². The van der Waals surface area contributed by atoms with Crippen molar-refractivity contribution in [3.8, 4) is 0 Å². The zero-order valence-electron chi connectivity index (χ0n) is 10.7. The van der Waals surface area contributed by atoms with E-state index in [-0.39, 0.29) is 6.04 Å². The van der Waals surface area contributed by atoms with Gasteiger partial charge in [-0.25, -0.2) is 9.67 Å². The van der Waals surface area contributed by atoms with E-state index in [1.807, 2.05) is 13.8 Å². The van der Waals surface area contributed by atoms with Crippen molar-refractivity contribution in [1.82, 2.24) is 14.8 Å². The minimum Gasteiger partial charge on any atom is -0.398 e. The quantitative estimate of drug-likeness (QED) is 0.880. The van der Waals surface area contributed by atoms with E-state index in [9.17, 15) is 4.21 Å². The monoisotopic (exact) mass is 298 g/mol. The van der Waals surface area contributed by atoms with Gasteiger partial charge in [0.25, 0.3) is 0 Å². The fourth-order valence-corrected chi connectivity index (χ4v) is 2.98. The normalized spacial score (nSPS) is 12.8. The van der Waals surface area contributed by atoms with Gasteiger partial charge in [0.1, 0.15) is 12.2 Å². The van der Waals surface area contributed by atoms with Crippen LogP contribution in [0.2, 0.25) is 5.02 Å². The molecule has 0 spiro atoms. The summed E-state index contributed by atoms with van der Waals surface area (Å²) >= 11 is 5.93. The molecule has 1 aromatic carbocycles. The summed E-state index contributed by atoms with van der Waals surface area (Å²) in [5.41, 5.74) is 6.11. The van der Waals surface area contributed by atoms with Gasteiger partial charge >= 0.3 is 0 Å². The molecule has 0 fully saturated rings. The van der Waals surface area contributed by atoms with Crippen LogP contribution in [0, 0.1) is 0 Å². The molecule has 0 aliphatic carbocycles. The first kappa shape index (κ1) is 14.0. The van der Waals surface area contributed by atoms with Gasteiger partial charge in [-0.05, 0) is 32.0 Å². The molecule has 2 N–H and O–H groups in total. The van der Waals surface area contributed by atoms with E-state index in [1.54, 1.807) is 22.9 Å². The molecular formula is C12H15ClN4OS. The Morgan fingerprint density at radius 3 is 2.84 bits per heavy atom. The van der Waals surface area contributed by atoms with E-state index in [0.717, 1.165) is 0 Å². The Balaban J connectivity index is 2.21. The SMILES string of the molecule is CC(C)n1ncnc1CS(=O)c1ccc(N)c(Cl)c1. The molecule has 1 aromatic heterocycles. The number of benzene rings is 1. The summed E-state index contributed by atoms with van der Waals surface area (Å²) in [4.78, 5) is 4.78. The van der Waals surface area contributed by atoms with Crippen molar-refractivity contribution < 1.29 is 4.21 Å². The van der Waals surface area contributed by atoms with Crippen molar-refractivity contribution in [2.24, 2.45) is 0 Å². The average molecular weight is 299 g/mol. The predicted molar refractivity (Wildman–Crippen MR) is 76.4 cm³/mol. The van der Waals surface area contributed by atoms with Crippen LogP contribution in [-0.2, 0) is 16.6 Å². The third-order valence-corrected chi connectivity index (χ3v) is 4.26. The van der Waals surface area contributed by atoms with Gasteiger partial charge in [0, 0.05) is 10.9 Å². The number of anilines is 1. The third kappa shape index (κ3) is 3.13. The van der Waals surface area contributed by atoms with E-state index < -0.39 is 10.8 Å². The molecule has 0 aliphatic heterocycles. The highest BCUT2D eigenvalue weighted by molar-refractivity contribution is 7.84. The summed E-state index contributed by atoms with van der Waals surface area (Å²) in [6, 6.07) is 5.18. The molecule has 0 saturated carbocycles. The number of halogens is 1. The van der Waals surface area contributed by atoms with Crippen LogP contribution in [0.15, 0.2) is 29.4 Å². The molecule has 1 heterocycles. The molecule has 2 rings (SSSR count). The van der Waals surface area contributed by atoms with Crippen molar-refractivity contribution >= 4 is 28.1 Å². The van der Waals surface area contributed by atoms with Gasteiger partial charge in [-0.2, -0.15) is 5.10 Å². The minimum atomic E-state index is -1.22. The Morgan fingerprint density at radius 2 is 2.21 bits per heavy atom. The molecule has 0 aliphatic rings. The summed E-state index contributed by atoms with van der Waals surface area (Å²) in [6.45, 7) is 4.00. The van der Waals surface area contributed by atoms with Gasteiger partial charge in [-0.3, -0.25) is 4.21 Å². The maximum atomic E-state index is 12.3. The van der Waals surface area contributed by atoms with Crippen LogP contribution in [0.1, 0.15) is 25.7 Å². The summed E-state index contributed by atoms with van der Waals surface area (Å²) in [5.74, 6) is 1.000. The number of hydrogen-bond acceptors (Lipinski definition) is 4. The minimum absolute atomic E-state index is 0.185. The number of aromatic nitrogens is 3. The van der Waals surface area contributed by atoms with E-state index in [1.165, 1.54) is 6.33 Å². The largest absolute Gasteiger partial charge is 0.398 e. The van der Waals surface area contributed by atoms with Gasteiger partial charge in [0.05, 0.1) is 27.3 Å². The molecule has 0 amide bonds. The number of nitrogens with two attached hydrogens (primary N) is 1. The van der Waals surface area contributed by atoms with Crippen molar-refractivity contribution in [3.63, 3.8) is 0 Å². The van der Waals surface area contributed by atoms with Crippen molar-refractivity contribution in [3.05, 3.63) is 35.4 Å². The molecular weight excluding hydrogens is 284 g/mol. The fourth-order valence-electron chi connectivity index (χ4n) is 1.66. The highest BCUT2D eigenvalue weighted by Gasteiger charge is 2.13. The maximum absolute atomic E-state index is 12.3. The average Bonchev–Trinajstić information content (AvgIpc) is 2.80. The van der Waals surface area contributed by atoms with E-state index >= 15 is 0 Å². The molecule has 1 unspecified atom stereocenters. The first-order valence-corrected chi connectivity index (χ1v) is 7.50. The Hall–Kier alpha value is -1.40. The number of nitrogen functional groups attached to an aromatic ring is 1. The second-order valence-electron chi connectivity index (χ2n) is 4.39. The summed E-state index contributed by atoms with van der Waals surface area (Å²) in [5, 5.41) is 4.53. The smallest absolute Gasteiger partial charge is 0.140 e. The second-order valence-corrected chi connectivity index (χ2v) is 6.25. The van der Waals surface area contributed by atoms with Gasteiger partial charge in [0.15, 0.2) is 0 Å². The van der Waals surface area contributed by atoms with Crippen LogP contribution < -0.4 is 5.73 Å². The Labute approximate surface area is 119 Å². The molecule has 1 atom stereocenters. The molecule has 0 radical (unpaired) electrons. The third-order valence-electron chi connectivity index (χ3n) is 2.63. The predicted octanol–water partition coefficient (Wildman–Crippen LogP) is 2.40. The number of hydrogen-bond donors (Lipinski definition) is 1. The first-order chi connectivity index (χ1) is 8.99. The lowest BCUT2D eigenvalue weighted by Gasteiger charge is -2.09. The molecule has 19 heavy (non-hydrogen) atoms. The summed E-state index contributed by atoms with van der Waals surface area (Å²) < 4.78 is 14.0. The highest BCUT2D eigenvalue weighted by Crippen LogP contribution is 2.22. The summed E-state index contributed by atoms with van der Waals surface area (Å²) in [7, 11) is -1.22. The standard InChI is InChI=1S/C12H15ClN4OS/c1-8(2)17-12(15-7-16-17)6-19(18)9-3-4-11(14)10(13)5-9/h3-5,7-8H,6,14H2,1-2H3. The second kappa shape index (κ2) is 5.71. The molecule has 102 valence electrons. The first-order valence-electron chi connectivity index (χ1n) is 5.81. The lowest BCUT2D eigenvalue weighted by molar-refractivity contribution is 0.513. The molecule has 7 heteroatoms. The van der Waals surface area contributed by atoms with Crippen molar-refractivity contribution in [2.45, 2.75) is 30.5 Å². The van der Waals surface area contributed by atoms with E-state index in [0.29, 0.717) is 27.2 Å². The maximum Gasteiger partial charge on any atom is 0.140 e. The molecule has 5 nitrogen and oxygen atoms in total. The Bertz CT molecular complexity index is 612. The topological polar surface area (TPSA) is 73.8 Å². The zero-order chi connectivity index (χ0) is 14.0. The number of nitrogens with zero attached hydrogens (tertiary/aromatic N) is 3. The van der Waals surface area contributed by atoms with Gasteiger partial charge in [0.2, 0.25) is 0 Å². The van der Waals surface area contributed by atoms with Crippen LogP contribution in [0.25, 0.3) is 0 Å². The Morgan fingerprint density at radius 1 is 1.47 bits per heavy atom. The van der Waals surface area contributed by atoms with Gasteiger partial charge in [-0.1, -0.05) is 11.6 Å². The number of rotatable bonds is 4. The van der Waals surface area contributed by atoms with Gasteiger partial charge in [-0.15, -0.1) is 0 Å². The van der Waals surface area contributed by atoms with Crippen LogP contribution in [0.5, 0.6) is 0 Å². The van der Waals surface area contributed by atoms with E-state index in [2.05, 4.69) is 10.1 Å². The van der Waals surface area contributed by atoms with Gasteiger partial charge < -0.3 is 5.73 Å². The summed E-state index contributed by atoms with van der Waals surface area (Å²) in [6.07, 6.45) is 1.47. The van der Waals surface area contributed by atoms with Crippen LogP contribution in [0.4, 0.5) is 5.69 Å². The lowest BCUT2D eigenvalue weighted by atomic mass is 10.3.